The highest BCUT2D eigenvalue weighted by atomic mass is 16.5. The Morgan fingerprint density at radius 2 is 2.27 bits per heavy atom. The standard InChI is InChI=1S/C9H11N3O3/c13-9(14)6-15-8-3-2-7(10-11-8)12-4-1-5-12/h2-3H,1,4-6H2,(H,13,14). The lowest BCUT2D eigenvalue weighted by Gasteiger charge is -2.31. The third-order valence-electron chi connectivity index (χ3n) is 2.15. The molecule has 0 aromatic carbocycles. The minimum absolute atomic E-state index is 0.238. The molecule has 1 aromatic heterocycles. The Bertz CT molecular complexity index is 348. The number of anilines is 1. The molecule has 0 saturated carbocycles. The fraction of sp³-hybridized carbons (Fsp3) is 0.444. The monoisotopic (exact) mass is 209 g/mol. The van der Waals surface area contributed by atoms with Gasteiger partial charge in [-0.05, 0) is 12.5 Å². The van der Waals surface area contributed by atoms with Crippen LogP contribution in [0.4, 0.5) is 5.82 Å². The van der Waals surface area contributed by atoms with Crippen molar-refractivity contribution in [2.75, 3.05) is 24.6 Å². The van der Waals surface area contributed by atoms with Crippen molar-refractivity contribution in [1.82, 2.24) is 10.2 Å². The summed E-state index contributed by atoms with van der Waals surface area (Å²) in [6.07, 6.45) is 1.18. The highest BCUT2D eigenvalue weighted by Gasteiger charge is 2.15. The summed E-state index contributed by atoms with van der Waals surface area (Å²) < 4.78 is 4.86. The van der Waals surface area contributed by atoms with Gasteiger partial charge in [0.1, 0.15) is 0 Å². The van der Waals surface area contributed by atoms with Gasteiger partial charge >= 0.3 is 5.97 Å². The minimum atomic E-state index is -1.02. The van der Waals surface area contributed by atoms with Crippen LogP contribution in [0.5, 0.6) is 5.88 Å². The summed E-state index contributed by atoms with van der Waals surface area (Å²) >= 11 is 0. The summed E-state index contributed by atoms with van der Waals surface area (Å²) in [4.78, 5) is 12.3. The Morgan fingerprint density at radius 1 is 1.47 bits per heavy atom. The highest BCUT2D eigenvalue weighted by Crippen LogP contribution is 2.18. The van der Waals surface area contributed by atoms with Gasteiger partial charge in [-0.3, -0.25) is 0 Å². The molecule has 0 bridgehead atoms. The van der Waals surface area contributed by atoms with Crippen LogP contribution in [0, 0.1) is 0 Å². The van der Waals surface area contributed by atoms with E-state index in [9.17, 15) is 4.79 Å². The molecule has 80 valence electrons. The molecule has 6 nitrogen and oxygen atoms in total. The number of rotatable bonds is 4. The van der Waals surface area contributed by atoms with Gasteiger partial charge in [-0.2, -0.15) is 0 Å². The average molecular weight is 209 g/mol. The zero-order valence-electron chi connectivity index (χ0n) is 8.09. The van der Waals surface area contributed by atoms with Crippen molar-refractivity contribution in [3.8, 4) is 5.88 Å². The average Bonchev–Trinajstić information content (AvgIpc) is 2.14. The van der Waals surface area contributed by atoms with Crippen molar-refractivity contribution >= 4 is 11.8 Å². The number of carboxylic acids is 1. The van der Waals surface area contributed by atoms with Gasteiger partial charge in [-0.15, -0.1) is 10.2 Å². The summed E-state index contributed by atoms with van der Waals surface area (Å²) in [5.41, 5.74) is 0. The zero-order chi connectivity index (χ0) is 10.7. The lowest BCUT2D eigenvalue weighted by Crippen LogP contribution is -2.37. The molecule has 0 amide bonds. The maximum atomic E-state index is 10.2. The number of aliphatic carboxylic acids is 1. The van der Waals surface area contributed by atoms with Gasteiger partial charge in [0, 0.05) is 19.2 Å². The number of carbonyl (C=O) groups is 1. The van der Waals surface area contributed by atoms with Gasteiger partial charge in [-0.25, -0.2) is 4.79 Å². The summed E-state index contributed by atoms with van der Waals surface area (Å²) in [6, 6.07) is 3.41. The summed E-state index contributed by atoms with van der Waals surface area (Å²) in [6.45, 7) is 1.62. The summed E-state index contributed by atoms with van der Waals surface area (Å²) in [7, 11) is 0. The van der Waals surface area contributed by atoms with E-state index < -0.39 is 12.6 Å². The highest BCUT2D eigenvalue weighted by molar-refractivity contribution is 5.68. The Labute approximate surface area is 86.5 Å². The first kappa shape index (κ1) is 9.70. The van der Waals surface area contributed by atoms with Crippen molar-refractivity contribution in [3.05, 3.63) is 12.1 Å². The molecule has 0 spiro atoms. The normalized spacial score (nSPS) is 14.5. The molecular weight excluding hydrogens is 198 g/mol. The van der Waals surface area contributed by atoms with Crippen LogP contribution in [-0.2, 0) is 4.79 Å². The molecule has 1 saturated heterocycles. The van der Waals surface area contributed by atoms with Crippen molar-refractivity contribution in [2.45, 2.75) is 6.42 Å². The second-order valence-electron chi connectivity index (χ2n) is 3.25. The van der Waals surface area contributed by atoms with Crippen LogP contribution in [0.15, 0.2) is 12.1 Å². The van der Waals surface area contributed by atoms with E-state index in [1.165, 1.54) is 6.42 Å². The quantitative estimate of drug-likeness (QED) is 0.760. The second-order valence-corrected chi connectivity index (χ2v) is 3.25. The van der Waals surface area contributed by atoms with Gasteiger partial charge in [-0.1, -0.05) is 0 Å². The molecule has 2 rings (SSSR count). The number of hydrogen-bond acceptors (Lipinski definition) is 5. The third kappa shape index (κ3) is 2.34. The second kappa shape index (κ2) is 4.12. The molecule has 1 N–H and O–H groups in total. The van der Waals surface area contributed by atoms with Gasteiger partial charge in [0.05, 0.1) is 0 Å². The SMILES string of the molecule is O=C(O)COc1ccc(N2CCC2)nn1. The van der Waals surface area contributed by atoms with E-state index in [0.29, 0.717) is 0 Å². The van der Waals surface area contributed by atoms with Crippen LogP contribution in [0.1, 0.15) is 6.42 Å². The van der Waals surface area contributed by atoms with Crippen LogP contribution in [0.3, 0.4) is 0 Å². The molecular formula is C9H11N3O3. The molecule has 2 heterocycles. The smallest absolute Gasteiger partial charge is 0.341 e. The lowest BCUT2D eigenvalue weighted by atomic mass is 10.2. The van der Waals surface area contributed by atoms with Crippen LogP contribution in [-0.4, -0.2) is 41.0 Å². The first-order chi connectivity index (χ1) is 7.25. The molecule has 6 heteroatoms. The van der Waals surface area contributed by atoms with E-state index in [1.54, 1.807) is 12.1 Å². The number of hydrogen-bond donors (Lipinski definition) is 1. The van der Waals surface area contributed by atoms with E-state index in [-0.39, 0.29) is 5.88 Å². The summed E-state index contributed by atoms with van der Waals surface area (Å²) in [5, 5.41) is 16.1. The fourth-order valence-corrected chi connectivity index (χ4v) is 1.24. The third-order valence-corrected chi connectivity index (χ3v) is 2.15. The van der Waals surface area contributed by atoms with Gasteiger partial charge in [0.25, 0.3) is 0 Å². The summed E-state index contributed by atoms with van der Waals surface area (Å²) in [5.74, 6) is 0.0224. The molecule has 1 aliphatic rings. The predicted octanol–water partition coefficient (Wildman–Crippen LogP) is 0.150. The molecule has 0 aliphatic carbocycles. The van der Waals surface area contributed by atoms with Crippen LogP contribution in [0.25, 0.3) is 0 Å². The Hall–Kier alpha value is -1.85. The van der Waals surface area contributed by atoms with Crippen LogP contribution < -0.4 is 9.64 Å². The number of nitrogens with zero attached hydrogens (tertiary/aromatic N) is 3. The van der Waals surface area contributed by atoms with E-state index in [4.69, 9.17) is 9.84 Å². The number of carboxylic acid groups (broad SMARTS) is 1. The minimum Gasteiger partial charge on any atom is -0.479 e. The van der Waals surface area contributed by atoms with Crippen molar-refractivity contribution in [1.29, 1.82) is 0 Å². The molecule has 0 atom stereocenters. The van der Waals surface area contributed by atoms with Crippen molar-refractivity contribution in [2.24, 2.45) is 0 Å². The molecule has 15 heavy (non-hydrogen) atoms. The zero-order valence-corrected chi connectivity index (χ0v) is 8.09. The maximum Gasteiger partial charge on any atom is 0.341 e. The van der Waals surface area contributed by atoms with E-state index in [2.05, 4.69) is 15.1 Å². The molecule has 1 fully saturated rings. The predicted molar refractivity (Wildman–Crippen MR) is 52.0 cm³/mol. The van der Waals surface area contributed by atoms with Crippen molar-refractivity contribution in [3.63, 3.8) is 0 Å². The first-order valence-electron chi connectivity index (χ1n) is 4.69. The number of ether oxygens (including phenoxy) is 1. The van der Waals surface area contributed by atoms with Crippen molar-refractivity contribution < 1.29 is 14.6 Å². The maximum absolute atomic E-state index is 10.2. The topological polar surface area (TPSA) is 75.6 Å². The van der Waals surface area contributed by atoms with Gasteiger partial charge in [0.2, 0.25) is 5.88 Å². The van der Waals surface area contributed by atoms with E-state index in [1.807, 2.05) is 0 Å². The van der Waals surface area contributed by atoms with E-state index in [0.717, 1.165) is 18.9 Å². The Morgan fingerprint density at radius 3 is 2.73 bits per heavy atom. The molecule has 1 aliphatic heterocycles. The fourth-order valence-electron chi connectivity index (χ4n) is 1.24. The molecule has 0 radical (unpaired) electrons. The number of aromatic nitrogens is 2. The van der Waals surface area contributed by atoms with Crippen LogP contribution >= 0.6 is 0 Å². The first-order valence-corrected chi connectivity index (χ1v) is 4.69. The van der Waals surface area contributed by atoms with E-state index >= 15 is 0 Å². The Balaban J connectivity index is 1.94. The van der Waals surface area contributed by atoms with Gasteiger partial charge < -0.3 is 14.7 Å². The molecule has 1 aromatic rings. The Kier molecular flexibility index (Phi) is 2.66. The largest absolute Gasteiger partial charge is 0.479 e. The van der Waals surface area contributed by atoms with Gasteiger partial charge in [0.15, 0.2) is 12.4 Å². The molecule has 0 unspecified atom stereocenters. The van der Waals surface area contributed by atoms with Crippen LogP contribution in [0.2, 0.25) is 0 Å². The lowest BCUT2D eigenvalue weighted by molar-refractivity contribution is -0.139.